The molecule has 34 heavy (non-hydrogen) atoms. The van der Waals surface area contributed by atoms with Crippen molar-refractivity contribution in [1.29, 1.82) is 0 Å². The highest BCUT2D eigenvalue weighted by Gasteiger charge is 2.39. The van der Waals surface area contributed by atoms with E-state index in [0.29, 0.717) is 31.0 Å². The predicted octanol–water partition coefficient (Wildman–Crippen LogP) is 6.85. The molecule has 0 radical (unpaired) electrons. The summed E-state index contributed by atoms with van der Waals surface area (Å²) in [7, 11) is 0. The Morgan fingerprint density at radius 3 is 1.71 bits per heavy atom. The molecule has 1 unspecified atom stereocenters. The predicted molar refractivity (Wildman–Crippen MR) is 119 cm³/mol. The molecule has 2 aromatic rings. The number of hydrogen-bond acceptors (Lipinski definition) is 2. The number of rotatable bonds is 7. The van der Waals surface area contributed by atoms with Crippen LogP contribution in [0.25, 0.3) is 0 Å². The van der Waals surface area contributed by atoms with Gasteiger partial charge in [-0.2, -0.15) is 26.3 Å². The molecule has 3 aliphatic heterocycles. The summed E-state index contributed by atoms with van der Waals surface area (Å²) in [5.41, 5.74) is 0.128. The Morgan fingerprint density at radius 1 is 0.824 bits per heavy atom. The Kier molecular flexibility index (Phi) is 7.29. The fraction of sp³-hybridized carbons (Fsp3) is 0.538. The Balaban J connectivity index is 1.50. The van der Waals surface area contributed by atoms with E-state index in [1.165, 1.54) is 30.7 Å². The van der Waals surface area contributed by atoms with E-state index in [-0.39, 0.29) is 0 Å². The number of fused-ring (bicyclic) bond motifs is 3. The number of benzene rings is 2. The first-order valence-electron chi connectivity index (χ1n) is 11.8. The molecule has 0 aliphatic carbocycles. The largest absolute Gasteiger partial charge is 0.416 e. The molecule has 2 aromatic carbocycles. The molecule has 186 valence electrons. The van der Waals surface area contributed by atoms with Crippen LogP contribution >= 0.6 is 0 Å². The zero-order chi connectivity index (χ0) is 24.5. The van der Waals surface area contributed by atoms with Crippen LogP contribution < -0.4 is 0 Å². The molecule has 0 spiro atoms. The quantitative estimate of drug-likeness (QED) is 0.397. The second-order valence-corrected chi connectivity index (χ2v) is 9.66. The summed E-state index contributed by atoms with van der Waals surface area (Å²) in [5, 5.41) is 0. The third kappa shape index (κ3) is 5.95. The molecular formula is C26H30F6N2. The SMILES string of the molecule is CC[C@H]1CN2CC[C@H]1C[C@@H]2CN(Cc1ccc(C(F)(F)F)cc1)Cc1ccc(C(F)(F)F)cc1. The Labute approximate surface area is 196 Å². The van der Waals surface area contributed by atoms with Crippen LogP contribution in [0, 0.1) is 11.8 Å². The second-order valence-electron chi connectivity index (χ2n) is 9.66. The number of hydrogen-bond donors (Lipinski definition) is 0. The number of nitrogens with zero attached hydrogens (tertiary/aromatic N) is 2. The van der Waals surface area contributed by atoms with Crippen LogP contribution in [0.4, 0.5) is 26.3 Å². The molecule has 0 aromatic heterocycles. The summed E-state index contributed by atoms with van der Waals surface area (Å²) in [6, 6.07) is 10.7. The van der Waals surface area contributed by atoms with Crippen molar-refractivity contribution in [3.63, 3.8) is 0 Å². The minimum Gasteiger partial charge on any atom is -0.299 e. The lowest BCUT2D eigenvalue weighted by Crippen LogP contribution is -2.56. The molecule has 2 bridgehead atoms. The maximum absolute atomic E-state index is 12.9. The van der Waals surface area contributed by atoms with Gasteiger partial charge in [0.25, 0.3) is 0 Å². The van der Waals surface area contributed by atoms with Crippen molar-refractivity contribution in [2.75, 3.05) is 19.6 Å². The number of halogens is 6. The van der Waals surface area contributed by atoms with Gasteiger partial charge in [0.05, 0.1) is 11.1 Å². The van der Waals surface area contributed by atoms with Crippen LogP contribution in [-0.4, -0.2) is 35.5 Å². The van der Waals surface area contributed by atoms with Crippen molar-refractivity contribution in [2.45, 2.75) is 57.7 Å². The van der Waals surface area contributed by atoms with Crippen molar-refractivity contribution in [1.82, 2.24) is 9.80 Å². The van der Waals surface area contributed by atoms with Gasteiger partial charge in [0.1, 0.15) is 0 Å². The van der Waals surface area contributed by atoms with E-state index in [9.17, 15) is 26.3 Å². The highest BCUT2D eigenvalue weighted by molar-refractivity contribution is 5.26. The van der Waals surface area contributed by atoms with Crippen LogP contribution in [0.5, 0.6) is 0 Å². The summed E-state index contributed by atoms with van der Waals surface area (Å²) < 4.78 is 77.7. The van der Waals surface area contributed by atoms with E-state index in [0.717, 1.165) is 67.9 Å². The second kappa shape index (κ2) is 9.90. The van der Waals surface area contributed by atoms with Gasteiger partial charge in [-0.05, 0) is 66.6 Å². The van der Waals surface area contributed by atoms with Gasteiger partial charge in [-0.1, -0.05) is 37.6 Å². The average Bonchev–Trinajstić information content (AvgIpc) is 2.79. The fourth-order valence-electron chi connectivity index (χ4n) is 5.50. The highest BCUT2D eigenvalue weighted by Crippen LogP contribution is 2.38. The first-order chi connectivity index (χ1) is 16.0. The monoisotopic (exact) mass is 484 g/mol. The van der Waals surface area contributed by atoms with E-state index in [1.807, 2.05) is 0 Å². The summed E-state index contributed by atoms with van der Waals surface area (Å²) in [6.07, 6.45) is -5.32. The van der Waals surface area contributed by atoms with E-state index in [1.54, 1.807) is 0 Å². The molecule has 8 heteroatoms. The van der Waals surface area contributed by atoms with Gasteiger partial charge in [0.2, 0.25) is 0 Å². The topological polar surface area (TPSA) is 6.48 Å². The molecule has 5 rings (SSSR count). The van der Waals surface area contributed by atoms with Crippen LogP contribution in [0.2, 0.25) is 0 Å². The average molecular weight is 485 g/mol. The summed E-state index contributed by atoms with van der Waals surface area (Å²) >= 11 is 0. The normalized spacial score (nSPS) is 25.2. The lowest BCUT2D eigenvalue weighted by molar-refractivity contribution is -0.138. The standard InChI is InChI=1S/C26H30F6N2/c1-2-20-16-34-12-11-21(20)13-24(34)17-33(14-18-3-7-22(8-4-18)25(27,28)29)15-19-5-9-23(10-6-19)26(30,31)32/h3-10,20-21,24H,2,11-17H2,1H3/t20-,21-,24+/m0/s1. The molecule has 3 aliphatic rings. The fourth-order valence-corrected chi connectivity index (χ4v) is 5.50. The number of piperidine rings is 3. The van der Waals surface area contributed by atoms with Crippen molar-refractivity contribution in [3.8, 4) is 0 Å². The van der Waals surface area contributed by atoms with Gasteiger partial charge in [0.15, 0.2) is 0 Å². The van der Waals surface area contributed by atoms with Crippen LogP contribution in [0.1, 0.15) is 48.4 Å². The van der Waals surface area contributed by atoms with Crippen molar-refractivity contribution in [3.05, 3.63) is 70.8 Å². The van der Waals surface area contributed by atoms with Gasteiger partial charge >= 0.3 is 12.4 Å². The molecule has 4 atom stereocenters. The maximum Gasteiger partial charge on any atom is 0.416 e. The van der Waals surface area contributed by atoms with E-state index in [2.05, 4.69) is 16.7 Å². The van der Waals surface area contributed by atoms with Crippen LogP contribution in [0.15, 0.2) is 48.5 Å². The first-order valence-corrected chi connectivity index (χ1v) is 11.8. The zero-order valence-electron chi connectivity index (χ0n) is 19.2. The van der Waals surface area contributed by atoms with Crippen LogP contribution in [0.3, 0.4) is 0 Å². The van der Waals surface area contributed by atoms with Crippen molar-refractivity contribution in [2.24, 2.45) is 11.8 Å². The Morgan fingerprint density at radius 2 is 1.32 bits per heavy atom. The zero-order valence-corrected chi connectivity index (χ0v) is 19.2. The van der Waals surface area contributed by atoms with Gasteiger partial charge in [0, 0.05) is 32.2 Å². The molecule has 0 N–H and O–H groups in total. The summed E-state index contributed by atoms with van der Waals surface area (Å²) in [6.45, 7) is 5.95. The van der Waals surface area contributed by atoms with Crippen molar-refractivity contribution >= 4 is 0 Å². The lowest BCUT2D eigenvalue weighted by Gasteiger charge is -2.51. The minimum atomic E-state index is -4.39. The Bertz CT molecular complexity index is 876. The van der Waals surface area contributed by atoms with Gasteiger partial charge < -0.3 is 0 Å². The molecule has 0 saturated carbocycles. The maximum atomic E-state index is 12.9. The van der Waals surface area contributed by atoms with Gasteiger partial charge in [-0.15, -0.1) is 0 Å². The molecule has 0 amide bonds. The summed E-state index contributed by atoms with van der Waals surface area (Å²) in [4.78, 5) is 4.66. The smallest absolute Gasteiger partial charge is 0.299 e. The molecular weight excluding hydrogens is 454 g/mol. The highest BCUT2D eigenvalue weighted by atomic mass is 19.4. The minimum absolute atomic E-state index is 0.352. The van der Waals surface area contributed by atoms with E-state index in [4.69, 9.17) is 0 Å². The van der Waals surface area contributed by atoms with E-state index < -0.39 is 23.5 Å². The van der Waals surface area contributed by atoms with Gasteiger partial charge in [-0.3, -0.25) is 9.80 Å². The Hall–Kier alpha value is -2.06. The third-order valence-electron chi connectivity index (χ3n) is 7.38. The lowest BCUT2D eigenvalue weighted by atomic mass is 9.74. The first kappa shape index (κ1) is 25.0. The molecule has 2 nitrogen and oxygen atoms in total. The molecule has 3 fully saturated rings. The molecule has 3 saturated heterocycles. The van der Waals surface area contributed by atoms with Crippen LogP contribution in [-0.2, 0) is 25.4 Å². The van der Waals surface area contributed by atoms with Gasteiger partial charge in [-0.25, -0.2) is 0 Å². The summed E-state index contributed by atoms with van der Waals surface area (Å²) in [5.74, 6) is 1.40. The van der Waals surface area contributed by atoms with Crippen molar-refractivity contribution < 1.29 is 26.3 Å². The molecule has 3 heterocycles. The van der Waals surface area contributed by atoms with E-state index >= 15 is 0 Å². The third-order valence-corrected chi connectivity index (χ3v) is 7.38. The number of alkyl halides is 6.